The van der Waals surface area contributed by atoms with Crippen LogP contribution in [0.2, 0.25) is 0 Å². The molecule has 2 atom stereocenters. The summed E-state index contributed by atoms with van der Waals surface area (Å²) in [6.45, 7) is 6.63. The number of benzene rings is 1. The maximum Gasteiger partial charge on any atom is 0.239 e. The summed E-state index contributed by atoms with van der Waals surface area (Å²) in [6, 6.07) is 10.5. The van der Waals surface area contributed by atoms with Gasteiger partial charge in [-0.1, -0.05) is 50.6 Å². The number of piperidine rings is 1. The topological polar surface area (TPSA) is 61.0 Å². The molecule has 1 aliphatic heterocycles. The lowest BCUT2D eigenvalue weighted by atomic mass is 9.89. The molecule has 0 radical (unpaired) electrons. The Morgan fingerprint density at radius 2 is 2.04 bits per heavy atom. The summed E-state index contributed by atoms with van der Waals surface area (Å²) in [6.07, 6.45) is 7.84. The molecule has 1 saturated heterocycles. The highest BCUT2D eigenvalue weighted by Gasteiger charge is 2.30. The van der Waals surface area contributed by atoms with Gasteiger partial charge in [0.1, 0.15) is 5.82 Å². The number of hydrogen-bond donors (Lipinski definition) is 2. The fraction of sp³-hybridized carbons (Fsp3) is 0.545. The van der Waals surface area contributed by atoms with E-state index in [1.54, 1.807) is 6.20 Å². The molecule has 0 bridgehead atoms. The highest BCUT2D eigenvalue weighted by Crippen LogP contribution is 2.23. The van der Waals surface area contributed by atoms with Crippen molar-refractivity contribution in [1.29, 1.82) is 0 Å². The van der Waals surface area contributed by atoms with Gasteiger partial charge < -0.3 is 9.88 Å². The van der Waals surface area contributed by atoms with Crippen LogP contribution in [0.5, 0.6) is 0 Å². The number of nitrogens with one attached hydrogen (secondary N) is 2. The Labute approximate surface area is 162 Å². The van der Waals surface area contributed by atoms with Crippen molar-refractivity contribution in [2.24, 2.45) is 11.8 Å². The molecule has 1 amide bonds. The Bertz CT molecular complexity index is 678. The van der Waals surface area contributed by atoms with Crippen LogP contribution in [0.3, 0.4) is 0 Å². The fourth-order valence-electron chi connectivity index (χ4n) is 3.87. The Morgan fingerprint density at radius 3 is 2.67 bits per heavy atom. The maximum absolute atomic E-state index is 13.2. The van der Waals surface area contributed by atoms with Crippen LogP contribution >= 0.6 is 0 Å². The molecule has 27 heavy (non-hydrogen) atoms. The molecule has 2 unspecified atom stereocenters. The molecule has 2 aromatic rings. The first-order valence-corrected chi connectivity index (χ1v) is 10.2. The summed E-state index contributed by atoms with van der Waals surface area (Å²) >= 11 is 0. The first kappa shape index (κ1) is 19.6. The summed E-state index contributed by atoms with van der Waals surface area (Å²) in [5.41, 5.74) is 1.40. The first-order chi connectivity index (χ1) is 13.2. The van der Waals surface area contributed by atoms with Crippen molar-refractivity contribution in [2.75, 3.05) is 13.1 Å². The molecular weight excluding hydrogens is 336 g/mol. The zero-order chi connectivity index (χ0) is 19.1. The van der Waals surface area contributed by atoms with Gasteiger partial charge in [-0.3, -0.25) is 10.1 Å². The average molecular weight is 369 g/mol. The molecule has 5 nitrogen and oxygen atoms in total. The van der Waals surface area contributed by atoms with Gasteiger partial charge in [0.15, 0.2) is 0 Å². The SMILES string of the molecule is CCC(C)C(NCc1ncc[nH]1)C(=O)N1CCC(Cc2ccccc2)CC1. The summed E-state index contributed by atoms with van der Waals surface area (Å²) in [7, 11) is 0. The molecule has 1 aromatic carbocycles. The zero-order valence-electron chi connectivity index (χ0n) is 16.5. The molecule has 2 heterocycles. The monoisotopic (exact) mass is 368 g/mol. The first-order valence-electron chi connectivity index (χ1n) is 10.2. The Morgan fingerprint density at radius 1 is 1.30 bits per heavy atom. The van der Waals surface area contributed by atoms with Crippen LogP contribution in [0, 0.1) is 11.8 Å². The van der Waals surface area contributed by atoms with Crippen LogP contribution in [-0.4, -0.2) is 39.9 Å². The van der Waals surface area contributed by atoms with E-state index < -0.39 is 0 Å². The number of carbonyl (C=O) groups is 1. The van der Waals surface area contributed by atoms with Gasteiger partial charge in [-0.05, 0) is 36.7 Å². The molecule has 0 spiro atoms. The van der Waals surface area contributed by atoms with Gasteiger partial charge in [0.25, 0.3) is 0 Å². The molecule has 2 N–H and O–H groups in total. The second-order valence-electron chi connectivity index (χ2n) is 7.74. The van der Waals surface area contributed by atoms with Gasteiger partial charge in [0.05, 0.1) is 12.6 Å². The van der Waals surface area contributed by atoms with Crippen molar-refractivity contribution in [3.63, 3.8) is 0 Å². The number of hydrogen-bond acceptors (Lipinski definition) is 3. The lowest BCUT2D eigenvalue weighted by Gasteiger charge is -2.36. The van der Waals surface area contributed by atoms with Crippen LogP contribution in [0.1, 0.15) is 44.5 Å². The predicted molar refractivity (Wildman–Crippen MR) is 108 cm³/mol. The molecule has 1 aromatic heterocycles. The molecule has 1 aliphatic rings. The second kappa shape index (κ2) is 9.70. The Balaban J connectivity index is 1.53. The van der Waals surface area contributed by atoms with Crippen molar-refractivity contribution in [1.82, 2.24) is 20.2 Å². The van der Waals surface area contributed by atoms with Crippen LogP contribution in [-0.2, 0) is 17.8 Å². The normalized spacial score (nSPS) is 17.6. The predicted octanol–water partition coefficient (Wildman–Crippen LogP) is 3.40. The number of aromatic amines is 1. The number of imidazole rings is 1. The highest BCUT2D eigenvalue weighted by molar-refractivity contribution is 5.82. The van der Waals surface area contributed by atoms with E-state index in [2.05, 4.69) is 64.4 Å². The summed E-state index contributed by atoms with van der Waals surface area (Å²) in [5, 5.41) is 3.44. The number of likely N-dealkylation sites (tertiary alicyclic amines) is 1. The molecule has 0 saturated carbocycles. The zero-order valence-corrected chi connectivity index (χ0v) is 16.5. The van der Waals surface area contributed by atoms with Gasteiger partial charge in [-0.15, -0.1) is 0 Å². The van der Waals surface area contributed by atoms with E-state index >= 15 is 0 Å². The van der Waals surface area contributed by atoms with Crippen LogP contribution in [0.25, 0.3) is 0 Å². The van der Waals surface area contributed by atoms with E-state index in [9.17, 15) is 4.79 Å². The fourth-order valence-corrected chi connectivity index (χ4v) is 3.87. The van der Waals surface area contributed by atoms with Crippen molar-refractivity contribution in [3.8, 4) is 0 Å². The number of amides is 1. The minimum absolute atomic E-state index is 0.147. The third-order valence-electron chi connectivity index (χ3n) is 5.82. The lowest BCUT2D eigenvalue weighted by molar-refractivity contribution is -0.136. The largest absolute Gasteiger partial charge is 0.348 e. The standard InChI is InChI=1S/C22H32N4O/c1-3-17(2)21(25-16-20-23-11-12-24-20)22(27)26-13-9-19(10-14-26)15-18-7-5-4-6-8-18/h4-8,11-12,17,19,21,25H,3,9-10,13-16H2,1-2H3,(H,23,24). The molecule has 1 fully saturated rings. The van der Waals surface area contributed by atoms with E-state index in [1.165, 1.54) is 5.56 Å². The minimum Gasteiger partial charge on any atom is -0.348 e. The number of carbonyl (C=O) groups excluding carboxylic acids is 1. The van der Waals surface area contributed by atoms with Crippen molar-refractivity contribution >= 4 is 5.91 Å². The van der Waals surface area contributed by atoms with Crippen LogP contribution in [0.15, 0.2) is 42.7 Å². The average Bonchev–Trinajstić information content (AvgIpc) is 3.22. The van der Waals surface area contributed by atoms with E-state index in [0.29, 0.717) is 18.4 Å². The minimum atomic E-state index is -0.147. The molecule has 0 aliphatic carbocycles. The van der Waals surface area contributed by atoms with Gasteiger partial charge in [-0.25, -0.2) is 4.98 Å². The van der Waals surface area contributed by atoms with Crippen LogP contribution < -0.4 is 5.32 Å². The molecule has 5 heteroatoms. The van der Waals surface area contributed by atoms with Crippen molar-refractivity contribution in [2.45, 2.75) is 52.1 Å². The van der Waals surface area contributed by atoms with E-state index in [0.717, 1.165) is 44.6 Å². The third-order valence-corrected chi connectivity index (χ3v) is 5.82. The summed E-state index contributed by atoms with van der Waals surface area (Å²) < 4.78 is 0. The summed E-state index contributed by atoms with van der Waals surface area (Å²) in [4.78, 5) is 22.6. The van der Waals surface area contributed by atoms with E-state index in [1.807, 2.05) is 6.20 Å². The Kier molecular flexibility index (Phi) is 7.04. The number of aromatic nitrogens is 2. The molecular formula is C22H32N4O. The second-order valence-corrected chi connectivity index (χ2v) is 7.74. The maximum atomic E-state index is 13.2. The van der Waals surface area contributed by atoms with Crippen LogP contribution in [0.4, 0.5) is 0 Å². The number of nitrogens with zero attached hydrogens (tertiary/aromatic N) is 2. The van der Waals surface area contributed by atoms with E-state index in [4.69, 9.17) is 0 Å². The molecule has 3 rings (SSSR count). The number of rotatable bonds is 8. The lowest BCUT2D eigenvalue weighted by Crippen LogP contribution is -2.51. The smallest absolute Gasteiger partial charge is 0.239 e. The summed E-state index contributed by atoms with van der Waals surface area (Å²) in [5.74, 6) is 2.09. The van der Waals surface area contributed by atoms with E-state index in [-0.39, 0.29) is 11.9 Å². The highest BCUT2D eigenvalue weighted by atomic mass is 16.2. The van der Waals surface area contributed by atoms with Crippen molar-refractivity contribution in [3.05, 3.63) is 54.1 Å². The van der Waals surface area contributed by atoms with Gasteiger partial charge in [0.2, 0.25) is 5.91 Å². The van der Waals surface area contributed by atoms with Gasteiger partial charge in [-0.2, -0.15) is 0 Å². The Hall–Kier alpha value is -2.14. The quantitative estimate of drug-likeness (QED) is 0.751. The molecule has 146 valence electrons. The van der Waals surface area contributed by atoms with Gasteiger partial charge >= 0.3 is 0 Å². The third kappa shape index (κ3) is 5.42. The van der Waals surface area contributed by atoms with Gasteiger partial charge in [0, 0.05) is 25.5 Å². The number of H-pyrrole nitrogens is 1. The van der Waals surface area contributed by atoms with Crippen molar-refractivity contribution < 1.29 is 4.79 Å².